The van der Waals surface area contributed by atoms with Gasteiger partial charge in [-0.05, 0) is 52.3 Å². The average molecular weight is 409 g/mol. The minimum absolute atomic E-state index is 0.0306. The number of nitrogens with zero attached hydrogens (tertiary/aromatic N) is 3. The highest BCUT2D eigenvalue weighted by Gasteiger charge is 2.17. The van der Waals surface area contributed by atoms with E-state index in [1.807, 2.05) is 65.0 Å². The van der Waals surface area contributed by atoms with Crippen LogP contribution in [0.25, 0.3) is 11.4 Å². The molecular formula is C23H28N4O3. The fourth-order valence-corrected chi connectivity index (χ4v) is 3.40. The zero-order valence-corrected chi connectivity index (χ0v) is 18.1. The maximum absolute atomic E-state index is 12.8. The molecular weight excluding hydrogens is 380 g/mol. The highest BCUT2D eigenvalue weighted by molar-refractivity contribution is 5.76. The monoisotopic (exact) mass is 408 g/mol. The van der Waals surface area contributed by atoms with Crippen molar-refractivity contribution in [1.29, 1.82) is 0 Å². The van der Waals surface area contributed by atoms with Crippen LogP contribution in [-0.4, -0.2) is 20.6 Å². The number of amides is 1. The van der Waals surface area contributed by atoms with Gasteiger partial charge in [-0.3, -0.25) is 9.59 Å². The van der Waals surface area contributed by atoms with E-state index in [1.54, 1.807) is 10.6 Å². The van der Waals surface area contributed by atoms with E-state index in [-0.39, 0.29) is 35.8 Å². The Bertz CT molecular complexity index is 1080. The standard InChI is InChI=1S/C23H28N4O3/c1-14(2)27-16(4)8-11-19(23(27)29)22-25-21(30-26-22)13-12-20(28)24-17(5)18-9-6-15(3)7-10-18/h6-11,14,17H,12-13H2,1-5H3,(H,24,28). The third-order valence-corrected chi connectivity index (χ3v) is 5.07. The topological polar surface area (TPSA) is 90.0 Å². The van der Waals surface area contributed by atoms with Crippen molar-refractivity contribution in [3.63, 3.8) is 0 Å². The number of pyridine rings is 1. The van der Waals surface area contributed by atoms with Crippen LogP contribution in [0.15, 0.2) is 45.7 Å². The summed E-state index contributed by atoms with van der Waals surface area (Å²) in [7, 11) is 0. The van der Waals surface area contributed by atoms with Gasteiger partial charge in [0.1, 0.15) is 0 Å². The number of aromatic nitrogens is 3. The number of nitrogens with one attached hydrogen (secondary N) is 1. The van der Waals surface area contributed by atoms with Gasteiger partial charge in [-0.25, -0.2) is 0 Å². The molecule has 3 rings (SSSR count). The van der Waals surface area contributed by atoms with Gasteiger partial charge in [-0.1, -0.05) is 35.0 Å². The average Bonchev–Trinajstić information content (AvgIpc) is 3.15. The van der Waals surface area contributed by atoms with Gasteiger partial charge in [0.15, 0.2) is 0 Å². The van der Waals surface area contributed by atoms with Crippen molar-refractivity contribution in [3.05, 3.63) is 69.5 Å². The third-order valence-electron chi connectivity index (χ3n) is 5.07. The van der Waals surface area contributed by atoms with Gasteiger partial charge >= 0.3 is 0 Å². The van der Waals surface area contributed by atoms with E-state index >= 15 is 0 Å². The van der Waals surface area contributed by atoms with Crippen LogP contribution in [0.1, 0.15) is 62.0 Å². The van der Waals surface area contributed by atoms with Gasteiger partial charge in [0.05, 0.1) is 11.6 Å². The number of benzene rings is 1. The van der Waals surface area contributed by atoms with Crippen LogP contribution in [0, 0.1) is 13.8 Å². The van der Waals surface area contributed by atoms with Crippen molar-refractivity contribution in [2.24, 2.45) is 0 Å². The SMILES string of the molecule is Cc1ccc(C(C)NC(=O)CCc2nc(-c3ccc(C)n(C(C)C)c3=O)no2)cc1. The first-order valence-electron chi connectivity index (χ1n) is 10.2. The third kappa shape index (κ3) is 4.84. The Morgan fingerprint density at radius 3 is 2.47 bits per heavy atom. The van der Waals surface area contributed by atoms with Crippen molar-refractivity contribution in [2.45, 2.75) is 59.5 Å². The van der Waals surface area contributed by atoms with Crippen LogP contribution >= 0.6 is 0 Å². The summed E-state index contributed by atoms with van der Waals surface area (Å²) < 4.78 is 6.97. The normalized spacial score (nSPS) is 12.2. The predicted molar refractivity (Wildman–Crippen MR) is 115 cm³/mol. The van der Waals surface area contributed by atoms with Crippen LogP contribution in [0.4, 0.5) is 0 Å². The van der Waals surface area contributed by atoms with Crippen LogP contribution < -0.4 is 10.9 Å². The zero-order chi connectivity index (χ0) is 21.8. The molecule has 0 saturated heterocycles. The number of hydrogen-bond donors (Lipinski definition) is 1. The zero-order valence-electron chi connectivity index (χ0n) is 18.1. The fraction of sp³-hybridized carbons (Fsp3) is 0.391. The van der Waals surface area contributed by atoms with Gasteiger partial charge in [0.25, 0.3) is 5.56 Å². The Balaban J connectivity index is 1.64. The molecule has 1 aromatic carbocycles. The molecule has 0 aliphatic heterocycles. The van der Waals surface area contributed by atoms with Gasteiger partial charge in [0.2, 0.25) is 17.6 Å². The van der Waals surface area contributed by atoms with Crippen LogP contribution in [0.2, 0.25) is 0 Å². The smallest absolute Gasteiger partial charge is 0.262 e. The lowest BCUT2D eigenvalue weighted by Crippen LogP contribution is -2.26. The summed E-state index contributed by atoms with van der Waals surface area (Å²) in [6.45, 7) is 9.78. The molecule has 7 nitrogen and oxygen atoms in total. The van der Waals surface area contributed by atoms with Gasteiger partial charge in [-0.15, -0.1) is 0 Å². The summed E-state index contributed by atoms with van der Waals surface area (Å²) in [5, 5.41) is 6.92. The number of hydrogen-bond acceptors (Lipinski definition) is 5. The van der Waals surface area contributed by atoms with E-state index in [1.165, 1.54) is 5.56 Å². The Hall–Kier alpha value is -3.22. The molecule has 0 spiro atoms. The van der Waals surface area contributed by atoms with Crippen LogP contribution in [0.5, 0.6) is 0 Å². The quantitative estimate of drug-likeness (QED) is 0.640. The van der Waals surface area contributed by atoms with Crippen molar-refractivity contribution >= 4 is 5.91 Å². The Morgan fingerprint density at radius 1 is 1.10 bits per heavy atom. The van der Waals surface area contributed by atoms with Gasteiger partial charge < -0.3 is 14.4 Å². The lowest BCUT2D eigenvalue weighted by molar-refractivity contribution is -0.121. The van der Waals surface area contributed by atoms with Crippen LogP contribution in [-0.2, 0) is 11.2 Å². The first-order valence-corrected chi connectivity index (χ1v) is 10.2. The highest BCUT2D eigenvalue weighted by Crippen LogP contribution is 2.16. The van der Waals surface area contributed by atoms with Crippen molar-refractivity contribution in [3.8, 4) is 11.4 Å². The summed E-state index contributed by atoms with van der Waals surface area (Å²) >= 11 is 0. The van der Waals surface area contributed by atoms with E-state index in [4.69, 9.17) is 4.52 Å². The molecule has 1 atom stereocenters. The minimum atomic E-state index is -0.151. The second-order valence-electron chi connectivity index (χ2n) is 7.87. The molecule has 0 radical (unpaired) electrons. The van der Waals surface area contributed by atoms with E-state index in [0.29, 0.717) is 17.9 Å². The van der Waals surface area contributed by atoms with Crippen molar-refractivity contribution < 1.29 is 9.32 Å². The van der Waals surface area contributed by atoms with E-state index < -0.39 is 0 Å². The van der Waals surface area contributed by atoms with E-state index in [0.717, 1.165) is 11.3 Å². The number of aryl methyl sites for hydroxylation is 3. The molecule has 0 bridgehead atoms. The Kier molecular flexibility index (Phi) is 6.50. The van der Waals surface area contributed by atoms with Crippen LogP contribution in [0.3, 0.4) is 0 Å². The number of carbonyl (C=O) groups is 1. The highest BCUT2D eigenvalue weighted by atomic mass is 16.5. The molecule has 2 aromatic heterocycles. The molecule has 0 saturated carbocycles. The summed E-state index contributed by atoms with van der Waals surface area (Å²) in [4.78, 5) is 29.4. The van der Waals surface area contributed by atoms with E-state index in [2.05, 4.69) is 15.5 Å². The fourth-order valence-electron chi connectivity index (χ4n) is 3.40. The van der Waals surface area contributed by atoms with Gasteiger partial charge in [-0.2, -0.15) is 4.98 Å². The molecule has 7 heteroatoms. The molecule has 2 heterocycles. The molecule has 30 heavy (non-hydrogen) atoms. The molecule has 158 valence electrons. The maximum Gasteiger partial charge on any atom is 0.262 e. The minimum Gasteiger partial charge on any atom is -0.350 e. The van der Waals surface area contributed by atoms with E-state index in [9.17, 15) is 9.59 Å². The predicted octanol–water partition coefficient (Wildman–Crippen LogP) is 3.91. The number of carbonyl (C=O) groups excluding carboxylic acids is 1. The maximum atomic E-state index is 12.8. The number of rotatable bonds is 7. The summed E-state index contributed by atoms with van der Waals surface area (Å²) in [6, 6.07) is 11.6. The molecule has 3 aromatic rings. The largest absolute Gasteiger partial charge is 0.350 e. The van der Waals surface area contributed by atoms with Crippen molar-refractivity contribution in [1.82, 2.24) is 20.0 Å². The summed E-state index contributed by atoms with van der Waals surface area (Å²) in [5.41, 5.74) is 3.35. The van der Waals surface area contributed by atoms with Gasteiger partial charge in [0, 0.05) is 24.6 Å². The molecule has 0 fully saturated rings. The molecule has 1 amide bonds. The molecule has 1 unspecified atom stereocenters. The Morgan fingerprint density at radius 2 is 1.80 bits per heavy atom. The molecule has 0 aliphatic rings. The molecule has 1 N–H and O–H groups in total. The first kappa shape index (κ1) is 21.5. The lowest BCUT2D eigenvalue weighted by atomic mass is 10.1. The Labute approximate surface area is 176 Å². The summed E-state index contributed by atoms with van der Waals surface area (Å²) in [5.74, 6) is 0.484. The molecule has 0 aliphatic carbocycles. The summed E-state index contributed by atoms with van der Waals surface area (Å²) in [6.07, 6.45) is 0.533. The first-order chi connectivity index (χ1) is 14.3. The van der Waals surface area contributed by atoms with Crippen molar-refractivity contribution in [2.75, 3.05) is 0 Å². The second-order valence-corrected chi connectivity index (χ2v) is 7.87. The second kappa shape index (κ2) is 9.07. The lowest BCUT2D eigenvalue weighted by Gasteiger charge is -2.14.